The van der Waals surface area contributed by atoms with Gasteiger partial charge in [-0.25, -0.2) is 0 Å². The third-order valence-electron chi connectivity index (χ3n) is 2.79. The highest BCUT2D eigenvalue weighted by atomic mass is 16.5. The second-order valence-corrected chi connectivity index (χ2v) is 4.36. The fraction of sp³-hybridized carbons (Fsp3) is 0.667. The summed E-state index contributed by atoms with van der Waals surface area (Å²) >= 11 is 0. The van der Waals surface area contributed by atoms with Crippen molar-refractivity contribution in [3.05, 3.63) is 11.6 Å². The molecule has 1 fully saturated rings. The predicted molar refractivity (Wildman–Crippen MR) is 62.4 cm³/mol. The van der Waals surface area contributed by atoms with Crippen LogP contribution in [0.1, 0.15) is 26.7 Å². The van der Waals surface area contributed by atoms with Crippen molar-refractivity contribution in [1.82, 2.24) is 5.32 Å². The number of carbonyl (C=O) groups excluding carboxylic acids is 2. The Labute approximate surface area is 101 Å². The molecule has 0 aromatic heterocycles. The molecule has 0 bridgehead atoms. The first-order chi connectivity index (χ1) is 8.01. The molecule has 1 aliphatic rings. The van der Waals surface area contributed by atoms with E-state index < -0.39 is 5.54 Å². The van der Waals surface area contributed by atoms with Crippen LogP contribution in [0.15, 0.2) is 11.6 Å². The van der Waals surface area contributed by atoms with E-state index in [1.54, 1.807) is 6.08 Å². The van der Waals surface area contributed by atoms with Gasteiger partial charge in [0.1, 0.15) is 0 Å². The predicted octanol–water partition coefficient (Wildman–Crippen LogP) is 0.791. The summed E-state index contributed by atoms with van der Waals surface area (Å²) in [4.78, 5) is 22.9. The summed E-state index contributed by atoms with van der Waals surface area (Å²) in [5, 5.41) is 2.82. The van der Waals surface area contributed by atoms with Crippen LogP contribution in [0.5, 0.6) is 0 Å². The van der Waals surface area contributed by atoms with E-state index in [9.17, 15) is 9.59 Å². The summed E-state index contributed by atoms with van der Waals surface area (Å²) in [5.74, 6) is -0.527. The maximum absolute atomic E-state index is 11.7. The summed E-state index contributed by atoms with van der Waals surface area (Å²) < 4.78 is 9.68. The number of hydrogen-bond acceptors (Lipinski definition) is 4. The van der Waals surface area contributed by atoms with Crippen LogP contribution in [0.2, 0.25) is 0 Å². The Balaban J connectivity index is 2.57. The van der Waals surface area contributed by atoms with E-state index >= 15 is 0 Å². The van der Waals surface area contributed by atoms with Gasteiger partial charge in [-0.2, -0.15) is 0 Å². The van der Waals surface area contributed by atoms with E-state index in [2.05, 4.69) is 10.1 Å². The Hall–Kier alpha value is -1.36. The normalized spacial score (nSPS) is 18.2. The molecule has 1 amide bonds. The van der Waals surface area contributed by atoms with Crippen LogP contribution in [0.3, 0.4) is 0 Å². The molecular weight excluding hydrogens is 222 g/mol. The molecule has 0 aromatic carbocycles. The van der Waals surface area contributed by atoms with E-state index in [0.717, 1.165) is 12.0 Å². The second kappa shape index (κ2) is 5.82. The third kappa shape index (κ3) is 3.85. The number of rotatable bonds is 5. The average Bonchev–Trinajstić information content (AvgIpc) is 2.25. The van der Waals surface area contributed by atoms with Gasteiger partial charge in [0.2, 0.25) is 5.91 Å². The van der Waals surface area contributed by atoms with Crippen molar-refractivity contribution in [3.63, 3.8) is 0 Å². The first-order valence-electron chi connectivity index (χ1n) is 5.65. The molecule has 1 N–H and O–H groups in total. The SMILES string of the molecule is CCC(C)=CC(=O)NC1(CC(=O)OC)COC1. The van der Waals surface area contributed by atoms with E-state index in [0.29, 0.717) is 13.2 Å². The molecule has 0 radical (unpaired) electrons. The zero-order valence-corrected chi connectivity index (χ0v) is 10.5. The molecule has 96 valence electrons. The molecule has 0 spiro atoms. The zero-order valence-electron chi connectivity index (χ0n) is 10.5. The topological polar surface area (TPSA) is 64.6 Å². The Bertz CT molecular complexity index is 331. The number of hydrogen-bond donors (Lipinski definition) is 1. The maximum Gasteiger partial charge on any atom is 0.308 e. The first kappa shape index (κ1) is 13.7. The standard InChI is InChI=1S/C12H19NO4/c1-4-9(2)5-10(14)13-12(7-17-8-12)6-11(15)16-3/h5H,4,6-8H2,1-3H3,(H,13,14). The van der Waals surface area contributed by atoms with Crippen LogP contribution in [0.4, 0.5) is 0 Å². The van der Waals surface area contributed by atoms with E-state index in [1.807, 2.05) is 13.8 Å². The number of methoxy groups -OCH3 is 1. The van der Waals surface area contributed by atoms with Crippen LogP contribution in [-0.2, 0) is 19.1 Å². The van der Waals surface area contributed by atoms with Crippen LogP contribution in [0, 0.1) is 0 Å². The van der Waals surface area contributed by atoms with E-state index in [-0.39, 0.29) is 18.3 Å². The van der Waals surface area contributed by atoms with Crippen molar-refractivity contribution >= 4 is 11.9 Å². The van der Waals surface area contributed by atoms with Gasteiger partial charge in [0.05, 0.1) is 32.3 Å². The van der Waals surface area contributed by atoms with Crippen LogP contribution in [-0.4, -0.2) is 37.7 Å². The van der Waals surface area contributed by atoms with Crippen molar-refractivity contribution in [2.24, 2.45) is 0 Å². The molecule has 0 saturated carbocycles. The molecule has 1 aliphatic heterocycles. The average molecular weight is 241 g/mol. The first-order valence-corrected chi connectivity index (χ1v) is 5.65. The second-order valence-electron chi connectivity index (χ2n) is 4.36. The minimum Gasteiger partial charge on any atom is -0.469 e. The highest BCUT2D eigenvalue weighted by molar-refractivity contribution is 5.89. The van der Waals surface area contributed by atoms with Crippen molar-refractivity contribution in [1.29, 1.82) is 0 Å². The maximum atomic E-state index is 11.7. The van der Waals surface area contributed by atoms with Gasteiger partial charge in [-0.15, -0.1) is 0 Å². The van der Waals surface area contributed by atoms with Gasteiger partial charge in [-0.1, -0.05) is 12.5 Å². The molecule has 1 rings (SSSR count). The summed E-state index contributed by atoms with van der Waals surface area (Å²) in [6.45, 7) is 4.58. The van der Waals surface area contributed by atoms with Crippen molar-refractivity contribution in [2.45, 2.75) is 32.2 Å². The van der Waals surface area contributed by atoms with Crippen molar-refractivity contribution < 1.29 is 19.1 Å². The monoisotopic (exact) mass is 241 g/mol. The molecule has 1 saturated heterocycles. The molecule has 5 heteroatoms. The lowest BCUT2D eigenvalue weighted by molar-refractivity contribution is -0.151. The Morgan fingerprint density at radius 3 is 2.53 bits per heavy atom. The van der Waals surface area contributed by atoms with Gasteiger partial charge in [0.15, 0.2) is 0 Å². The Kier molecular flexibility index (Phi) is 4.69. The summed E-state index contributed by atoms with van der Waals surface area (Å²) in [6, 6.07) is 0. The molecule has 0 aromatic rings. The van der Waals surface area contributed by atoms with Gasteiger partial charge in [0.25, 0.3) is 0 Å². The highest BCUT2D eigenvalue weighted by Crippen LogP contribution is 2.21. The van der Waals surface area contributed by atoms with Crippen LogP contribution >= 0.6 is 0 Å². The van der Waals surface area contributed by atoms with Crippen molar-refractivity contribution in [2.75, 3.05) is 20.3 Å². The van der Waals surface area contributed by atoms with Gasteiger partial charge in [0, 0.05) is 6.08 Å². The fourth-order valence-electron chi connectivity index (χ4n) is 1.54. The molecule has 0 aliphatic carbocycles. The lowest BCUT2D eigenvalue weighted by Gasteiger charge is -2.40. The number of ether oxygens (including phenoxy) is 2. The van der Waals surface area contributed by atoms with Gasteiger partial charge < -0.3 is 14.8 Å². The number of carbonyl (C=O) groups is 2. The van der Waals surface area contributed by atoms with Crippen molar-refractivity contribution in [3.8, 4) is 0 Å². The van der Waals surface area contributed by atoms with E-state index in [4.69, 9.17) is 4.74 Å². The third-order valence-corrected chi connectivity index (χ3v) is 2.79. The van der Waals surface area contributed by atoms with Gasteiger partial charge in [-0.05, 0) is 13.3 Å². The Morgan fingerprint density at radius 2 is 2.12 bits per heavy atom. The number of allylic oxidation sites excluding steroid dienone is 1. The lowest BCUT2D eigenvalue weighted by atomic mass is 9.93. The van der Waals surface area contributed by atoms with E-state index in [1.165, 1.54) is 7.11 Å². The highest BCUT2D eigenvalue weighted by Gasteiger charge is 2.42. The quantitative estimate of drug-likeness (QED) is 0.571. The summed E-state index contributed by atoms with van der Waals surface area (Å²) in [6.07, 6.45) is 2.53. The molecular formula is C12H19NO4. The molecule has 0 atom stereocenters. The number of amides is 1. The number of esters is 1. The molecule has 5 nitrogen and oxygen atoms in total. The number of nitrogens with one attached hydrogen (secondary N) is 1. The zero-order chi connectivity index (χ0) is 12.9. The smallest absolute Gasteiger partial charge is 0.308 e. The summed E-state index contributed by atoms with van der Waals surface area (Å²) in [5.41, 5.74) is 0.408. The lowest BCUT2D eigenvalue weighted by Crippen LogP contribution is -2.62. The van der Waals surface area contributed by atoms with Crippen LogP contribution in [0.25, 0.3) is 0 Å². The Morgan fingerprint density at radius 1 is 1.47 bits per heavy atom. The molecule has 17 heavy (non-hydrogen) atoms. The fourth-order valence-corrected chi connectivity index (χ4v) is 1.54. The van der Waals surface area contributed by atoms with Crippen LogP contribution < -0.4 is 5.32 Å². The minimum absolute atomic E-state index is 0.147. The molecule has 0 unspecified atom stereocenters. The molecule has 1 heterocycles. The van der Waals surface area contributed by atoms with Gasteiger partial charge in [-0.3, -0.25) is 9.59 Å². The summed E-state index contributed by atoms with van der Waals surface area (Å²) in [7, 11) is 1.33. The largest absolute Gasteiger partial charge is 0.469 e. The van der Waals surface area contributed by atoms with Gasteiger partial charge >= 0.3 is 5.97 Å². The minimum atomic E-state index is -0.589.